The maximum atomic E-state index is 12.3. The molecule has 2 N–H and O–H groups in total. The van der Waals surface area contributed by atoms with Gasteiger partial charge in [0.2, 0.25) is 0 Å². The molecule has 0 unspecified atom stereocenters. The van der Waals surface area contributed by atoms with Crippen molar-refractivity contribution in [2.75, 3.05) is 0 Å². The minimum absolute atomic E-state index is 0.000173. The number of para-hydroxylation sites is 1. The van der Waals surface area contributed by atoms with Gasteiger partial charge >= 0.3 is 5.97 Å². The number of nitrogens with zero attached hydrogens (tertiary/aromatic N) is 1. The van der Waals surface area contributed by atoms with E-state index in [0.717, 1.165) is 19.3 Å². The number of ether oxygens (including phenoxy) is 1. The number of nitrogens with one attached hydrogen (secondary N) is 1. The molecule has 1 fully saturated rings. The van der Waals surface area contributed by atoms with Gasteiger partial charge in [-0.3, -0.25) is 4.79 Å². The summed E-state index contributed by atoms with van der Waals surface area (Å²) in [7, 11) is 0. The van der Waals surface area contributed by atoms with Crippen molar-refractivity contribution in [2.45, 2.75) is 50.7 Å². The van der Waals surface area contributed by atoms with Crippen molar-refractivity contribution in [2.24, 2.45) is 0 Å². The van der Waals surface area contributed by atoms with Gasteiger partial charge in [0.1, 0.15) is 16.9 Å². The van der Waals surface area contributed by atoms with E-state index in [0.29, 0.717) is 12.8 Å². The van der Waals surface area contributed by atoms with Crippen molar-refractivity contribution in [3.05, 3.63) is 29.8 Å². The van der Waals surface area contributed by atoms with E-state index in [9.17, 15) is 14.9 Å². The van der Waals surface area contributed by atoms with E-state index in [-0.39, 0.29) is 11.3 Å². The highest BCUT2D eigenvalue weighted by Crippen LogP contribution is 2.28. The number of carboxylic acids is 1. The minimum Gasteiger partial charge on any atom is -0.480 e. The van der Waals surface area contributed by atoms with Crippen LogP contribution in [0.15, 0.2) is 24.3 Å². The second kappa shape index (κ2) is 7.14. The Balaban J connectivity index is 2.06. The molecule has 1 aromatic carbocycles. The van der Waals surface area contributed by atoms with Crippen LogP contribution in [-0.2, 0) is 4.79 Å². The van der Waals surface area contributed by atoms with Crippen LogP contribution < -0.4 is 10.1 Å². The first-order valence-corrected chi connectivity index (χ1v) is 7.70. The predicted octanol–water partition coefficient (Wildman–Crippen LogP) is 2.49. The van der Waals surface area contributed by atoms with Gasteiger partial charge in [-0.1, -0.05) is 31.4 Å². The lowest BCUT2D eigenvalue weighted by atomic mass is 9.83. The first kappa shape index (κ1) is 16.8. The van der Waals surface area contributed by atoms with Crippen molar-refractivity contribution in [3.63, 3.8) is 0 Å². The molecule has 6 heteroatoms. The number of carboxylic acid groups (broad SMARTS) is 1. The van der Waals surface area contributed by atoms with E-state index in [1.165, 1.54) is 12.1 Å². The van der Waals surface area contributed by atoms with Crippen LogP contribution in [-0.4, -0.2) is 28.6 Å². The molecule has 23 heavy (non-hydrogen) atoms. The van der Waals surface area contributed by atoms with Crippen LogP contribution in [0.4, 0.5) is 0 Å². The van der Waals surface area contributed by atoms with Crippen LogP contribution in [0.2, 0.25) is 0 Å². The molecular weight excluding hydrogens is 296 g/mol. The lowest BCUT2D eigenvalue weighted by Gasteiger charge is -2.32. The summed E-state index contributed by atoms with van der Waals surface area (Å²) >= 11 is 0. The lowest BCUT2D eigenvalue weighted by Crippen LogP contribution is -2.52. The van der Waals surface area contributed by atoms with Gasteiger partial charge in [-0.25, -0.2) is 4.79 Å². The Labute approximate surface area is 135 Å². The quantitative estimate of drug-likeness (QED) is 0.869. The minimum atomic E-state index is -1.12. The zero-order valence-corrected chi connectivity index (χ0v) is 13.0. The molecule has 1 aromatic rings. The van der Waals surface area contributed by atoms with E-state index >= 15 is 0 Å². The molecule has 0 aliphatic heterocycles. The molecule has 1 saturated carbocycles. The first-order chi connectivity index (χ1) is 11.0. The summed E-state index contributed by atoms with van der Waals surface area (Å²) in [4.78, 5) is 23.5. The van der Waals surface area contributed by atoms with Gasteiger partial charge < -0.3 is 15.2 Å². The second-order valence-corrected chi connectivity index (χ2v) is 5.81. The van der Waals surface area contributed by atoms with Crippen molar-refractivity contribution in [1.29, 1.82) is 5.26 Å². The highest BCUT2D eigenvalue weighted by atomic mass is 16.5. The average Bonchev–Trinajstić information content (AvgIpc) is 2.56. The van der Waals surface area contributed by atoms with Gasteiger partial charge in [-0.2, -0.15) is 5.26 Å². The fourth-order valence-electron chi connectivity index (χ4n) is 2.75. The topological polar surface area (TPSA) is 99.4 Å². The average molecular weight is 316 g/mol. The molecule has 0 bridgehead atoms. The van der Waals surface area contributed by atoms with Crippen LogP contribution >= 0.6 is 0 Å². The second-order valence-electron chi connectivity index (χ2n) is 5.81. The van der Waals surface area contributed by atoms with E-state index in [1.54, 1.807) is 19.1 Å². The smallest absolute Gasteiger partial charge is 0.339 e. The van der Waals surface area contributed by atoms with Gasteiger partial charge in [0.25, 0.3) is 5.91 Å². The molecule has 0 saturated heterocycles. The van der Waals surface area contributed by atoms with E-state index < -0.39 is 23.5 Å². The van der Waals surface area contributed by atoms with Gasteiger partial charge in [-0.05, 0) is 31.9 Å². The Bertz CT molecular complexity index is 630. The molecule has 0 heterocycles. The normalized spacial score (nSPS) is 17.6. The Morgan fingerprint density at radius 2 is 1.96 bits per heavy atom. The number of nitriles is 1. The molecule has 2 rings (SSSR count). The molecule has 1 aliphatic rings. The Kier molecular flexibility index (Phi) is 5.22. The summed E-state index contributed by atoms with van der Waals surface area (Å²) in [5.74, 6) is -1.39. The van der Waals surface area contributed by atoms with Crippen LogP contribution in [0.25, 0.3) is 0 Å². The lowest BCUT2D eigenvalue weighted by molar-refractivity contribution is -0.129. The zero-order chi connectivity index (χ0) is 16.9. The maximum absolute atomic E-state index is 12.3. The molecule has 122 valence electrons. The van der Waals surface area contributed by atoms with Gasteiger partial charge in [0, 0.05) is 0 Å². The fraction of sp³-hybridized carbons (Fsp3) is 0.471. The highest BCUT2D eigenvalue weighted by molar-refractivity contribution is 5.91. The molecule has 1 amide bonds. The molecule has 0 radical (unpaired) electrons. The van der Waals surface area contributed by atoms with Crippen molar-refractivity contribution < 1.29 is 19.4 Å². The zero-order valence-electron chi connectivity index (χ0n) is 13.0. The molecule has 6 nitrogen and oxygen atoms in total. The summed E-state index contributed by atoms with van der Waals surface area (Å²) in [6, 6.07) is 8.37. The molecule has 1 aliphatic carbocycles. The molecule has 1 atom stereocenters. The number of carbonyl (C=O) groups excluding carboxylic acids is 1. The Morgan fingerprint density at radius 1 is 1.30 bits per heavy atom. The van der Waals surface area contributed by atoms with Crippen molar-refractivity contribution in [3.8, 4) is 11.8 Å². The van der Waals surface area contributed by atoms with Crippen LogP contribution in [0, 0.1) is 11.3 Å². The maximum Gasteiger partial charge on any atom is 0.339 e. The first-order valence-electron chi connectivity index (χ1n) is 7.70. The largest absolute Gasteiger partial charge is 0.480 e. The fourth-order valence-corrected chi connectivity index (χ4v) is 2.75. The number of rotatable bonds is 5. The summed E-state index contributed by atoms with van der Waals surface area (Å²) in [5.41, 5.74) is -0.834. The van der Waals surface area contributed by atoms with Crippen LogP contribution in [0.3, 0.4) is 0 Å². The number of benzene rings is 1. The van der Waals surface area contributed by atoms with Gasteiger partial charge in [0.05, 0.1) is 6.07 Å². The predicted molar refractivity (Wildman–Crippen MR) is 83.1 cm³/mol. The standard InChI is InChI=1S/C17H20N2O4/c1-12(23-14-8-4-3-7-13(14)16(21)22)15(20)19-17(11-18)9-5-2-6-10-17/h3-4,7-8,12H,2,5-6,9-10H2,1H3,(H,19,20)(H,21,22)/t12-/m0/s1. The monoisotopic (exact) mass is 316 g/mol. The van der Waals surface area contributed by atoms with Crippen LogP contribution in [0.1, 0.15) is 49.4 Å². The number of carbonyl (C=O) groups is 2. The number of hydrogen-bond donors (Lipinski definition) is 2. The van der Waals surface area contributed by atoms with Crippen molar-refractivity contribution in [1.82, 2.24) is 5.32 Å². The number of aromatic carboxylic acids is 1. The number of hydrogen-bond acceptors (Lipinski definition) is 4. The molecular formula is C17H20N2O4. The van der Waals surface area contributed by atoms with E-state index in [2.05, 4.69) is 11.4 Å². The molecule has 0 aromatic heterocycles. The van der Waals surface area contributed by atoms with Gasteiger partial charge in [0.15, 0.2) is 6.10 Å². The number of amides is 1. The van der Waals surface area contributed by atoms with E-state index in [1.807, 2.05) is 0 Å². The van der Waals surface area contributed by atoms with Crippen LogP contribution in [0.5, 0.6) is 5.75 Å². The molecule has 0 spiro atoms. The third kappa shape index (κ3) is 4.01. The SMILES string of the molecule is C[C@H](Oc1ccccc1C(=O)O)C(=O)NC1(C#N)CCCCC1. The summed E-state index contributed by atoms with van der Waals surface area (Å²) in [6.07, 6.45) is 3.26. The highest BCUT2D eigenvalue weighted by Gasteiger charge is 2.35. The summed E-state index contributed by atoms with van der Waals surface area (Å²) in [5, 5.41) is 21.3. The van der Waals surface area contributed by atoms with E-state index in [4.69, 9.17) is 9.84 Å². The summed E-state index contributed by atoms with van der Waals surface area (Å²) in [6.45, 7) is 1.54. The van der Waals surface area contributed by atoms with Gasteiger partial charge in [-0.15, -0.1) is 0 Å². The Morgan fingerprint density at radius 3 is 2.57 bits per heavy atom. The summed E-state index contributed by atoms with van der Waals surface area (Å²) < 4.78 is 5.50. The Hall–Kier alpha value is -2.55. The third-order valence-electron chi connectivity index (χ3n) is 4.07. The third-order valence-corrected chi connectivity index (χ3v) is 4.07. The van der Waals surface area contributed by atoms with Crippen molar-refractivity contribution >= 4 is 11.9 Å².